The van der Waals surface area contributed by atoms with E-state index in [2.05, 4.69) is 33.7 Å². The summed E-state index contributed by atoms with van der Waals surface area (Å²) in [6.07, 6.45) is 7.91. The number of carbonyl (C=O) groups is 1. The molecule has 0 aliphatic carbocycles. The van der Waals surface area contributed by atoms with Crippen molar-refractivity contribution in [2.24, 2.45) is 0 Å². The van der Waals surface area contributed by atoms with Crippen LogP contribution in [-0.4, -0.2) is 53.5 Å². The number of aromatic nitrogens is 2. The van der Waals surface area contributed by atoms with E-state index in [0.29, 0.717) is 25.5 Å². The van der Waals surface area contributed by atoms with Gasteiger partial charge in [-0.05, 0) is 55.5 Å². The minimum atomic E-state index is -0.130. The molecule has 2 amide bonds. The number of rotatable bonds is 5. The van der Waals surface area contributed by atoms with E-state index in [4.69, 9.17) is 9.47 Å². The summed E-state index contributed by atoms with van der Waals surface area (Å²) in [6.45, 7) is 2.82. The van der Waals surface area contributed by atoms with Gasteiger partial charge in [-0.3, -0.25) is 5.32 Å². The largest absolute Gasteiger partial charge is 0.491 e. The predicted molar refractivity (Wildman–Crippen MR) is 111 cm³/mol. The summed E-state index contributed by atoms with van der Waals surface area (Å²) in [5, 5.41) is 10.5. The number of likely N-dealkylation sites (tertiary alicyclic amines) is 1. The molecule has 1 aromatic carbocycles. The Bertz CT molecular complexity index is 840. The first-order chi connectivity index (χ1) is 14.3. The van der Waals surface area contributed by atoms with Crippen molar-refractivity contribution in [2.75, 3.05) is 31.6 Å². The first-order valence-corrected chi connectivity index (χ1v) is 10.1. The molecule has 1 aromatic heterocycles. The fourth-order valence-corrected chi connectivity index (χ4v) is 3.59. The lowest BCUT2D eigenvalue weighted by atomic mass is 10.0. The maximum atomic E-state index is 12.4. The van der Waals surface area contributed by atoms with Crippen LogP contribution < -0.4 is 10.1 Å². The topological polar surface area (TPSA) is 76.6 Å². The van der Waals surface area contributed by atoms with Crippen LogP contribution in [0.25, 0.3) is 6.08 Å². The average molecular weight is 394 g/mol. The van der Waals surface area contributed by atoms with E-state index >= 15 is 0 Å². The summed E-state index contributed by atoms with van der Waals surface area (Å²) >= 11 is 0. The van der Waals surface area contributed by atoms with Gasteiger partial charge in [0.2, 0.25) is 0 Å². The number of ether oxygens (including phenoxy) is 2. The van der Waals surface area contributed by atoms with E-state index in [0.717, 1.165) is 43.6 Å². The van der Waals surface area contributed by atoms with Gasteiger partial charge in [-0.2, -0.15) is 5.10 Å². The molecule has 2 fully saturated rings. The fourth-order valence-electron chi connectivity index (χ4n) is 3.59. The highest BCUT2D eigenvalue weighted by Crippen LogP contribution is 2.23. The van der Waals surface area contributed by atoms with E-state index < -0.39 is 0 Å². The van der Waals surface area contributed by atoms with Gasteiger partial charge in [-0.15, -0.1) is 5.10 Å². The first-order valence-electron chi connectivity index (χ1n) is 10.1. The third-order valence-electron chi connectivity index (χ3n) is 5.19. The molecule has 0 radical (unpaired) electrons. The number of urea groups is 1. The van der Waals surface area contributed by atoms with Crippen LogP contribution in [0.2, 0.25) is 0 Å². The van der Waals surface area contributed by atoms with Crippen molar-refractivity contribution in [3.05, 3.63) is 53.7 Å². The SMILES string of the molecule is O=C(Nc1cccnn1)N1CCC(=Cc2cccc(OCC3CCCO3)c2)CC1. The number of anilines is 1. The molecule has 3 heterocycles. The van der Waals surface area contributed by atoms with E-state index in [1.807, 2.05) is 17.0 Å². The van der Waals surface area contributed by atoms with Crippen molar-refractivity contribution in [2.45, 2.75) is 31.8 Å². The maximum Gasteiger partial charge on any atom is 0.323 e. The molecular weight excluding hydrogens is 368 g/mol. The summed E-state index contributed by atoms with van der Waals surface area (Å²) in [5.41, 5.74) is 2.46. The van der Waals surface area contributed by atoms with Crippen LogP contribution in [0.3, 0.4) is 0 Å². The zero-order valence-electron chi connectivity index (χ0n) is 16.4. The number of piperidine rings is 1. The monoisotopic (exact) mass is 394 g/mol. The molecule has 0 spiro atoms. The second kappa shape index (κ2) is 9.52. The molecule has 1 unspecified atom stereocenters. The Morgan fingerprint density at radius 2 is 2.17 bits per heavy atom. The minimum absolute atomic E-state index is 0.130. The Balaban J connectivity index is 1.29. The van der Waals surface area contributed by atoms with Gasteiger partial charge in [-0.25, -0.2) is 4.79 Å². The Hall–Kier alpha value is -2.93. The van der Waals surface area contributed by atoms with Crippen LogP contribution in [0, 0.1) is 0 Å². The van der Waals surface area contributed by atoms with Crippen LogP contribution in [0.5, 0.6) is 5.75 Å². The molecule has 2 aliphatic heterocycles. The Labute approximate surface area is 170 Å². The predicted octanol–water partition coefficient (Wildman–Crippen LogP) is 3.75. The molecule has 1 atom stereocenters. The quantitative estimate of drug-likeness (QED) is 0.836. The molecule has 2 saturated heterocycles. The molecule has 7 nitrogen and oxygen atoms in total. The molecule has 1 N–H and O–H groups in total. The lowest BCUT2D eigenvalue weighted by Gasteiger charge is -2.28. The van der Waals surface area contributed by atoms with Crippen molar-refractivity contribution in [1.29, 1.82) is 0 Å². The van der Waals surface area contributed by atoms with Gasteiger partial charge in [0.15, 0.2) is 5.82 Å². The van der Waals surface area contributed by atoms with Crippen LogP contribution in [-0.2, 0) is 4.74 Å². The van der Waals surface area contributed by atoms with Gasteiger partial charge in [0.1, 0.15) is 12.4 Å². The third-order valence-corrected chi connectivity index (χ3v) is 5.19. The average Bonchev–Trinajstić information content (AvgIpc) is 3.28. The van der Waals surface area contributed by atoms with E-state index in [9.17, 15) is 4.79 Å². The van der Waals surface area contributed by atoms with Gasteiger partial charge in [0, 0.05) is 25.9 Å². The summed E-state index contributed by atoms with van der Waals surface area (Å²) in [5.74, 6) is 1.34. The van der Waals surface area contributed by atoms with Crippen molar-refractivity contribution in [3.63, 3.8) is 0 Å². The fraction of sp³-hybridized carbons (Fsp3) is 0.409. The Kier molecular flexibility index (Phi) is 6.36. The molecule has 0 saturated carbocycles. The highest BCUT2D eigenvalue weighted by molar-refractivity contribution is 5.88. The van der Waals surface area contributed by atoms with Gasteiger partial charge in [0.05, 0.1) is 6.10 Å². The zero-order valence-corrected chi connectivity index (χ0v) is 16.4. The molecule has 7 heteroatoms. The summed E-state index contributed by atoms with van der Waals surface area (Å²) in [7, 11) is 0. The highest BCUT2D eigenvalue weighted by atomic mass is 16.5. The lowest BCUT2D eigenvalue weighted by Crippen LogP contribution is -2.39. The maximum absolute atomic E-state index is 12.4. The molecule has 0 bridgehead atoms. The number of carbonyl (C=O) groups excluding carboxylic acids is 1. The Morgan fingerprint density at radius 1 is 1.28 bits per heavy atom. The molecule has 2 aromatic rings. The van der Waals surface area contributed by atoms with Crippen LogP contribution in [0.15, 0.2) is 48.2 Å². The third kappa shape index (κ3) is 5.54. The summed E-state index contributed by atoms with van der Waals surface area (Å²) in [4.78, 5) is 14.2. The molecule has 2 aliphatic rings. The van der Waals surface area contributed by atoms with Crippen molar-refractivity contribution < 1.29 is 14.3 Å². The number of amides is 2. The lowest BCUT2D eigenvalue weighted by molar-refractivity contribution is 0.0679. The molecule has 29 heavy (non-hydrogen) atoms. The number of hydrogen-bond acceptors (Lipinski definition) is 5. The number of benzene rings is 1. The van der Waals surface area contributed by atoms with Gasteiger partial charge in [-0.1, -0.05) is 23.8 Å². The Morgan fingerprint density at radius 3 is 2.93 bits per heavy atom. The first kappa shape index (κ1) is 19.4. The standard InChI is InChI=1S/C22H26N4O3/c27-22(24-21-7-2-10-23-25-21)26-11-8-17(9-12-26)14-18-4-1-5-19(15-18)29-16-20-6-3-13-28-20/h1-2,4-5,7,10,14-15,20H,3,6,8-9,11-13,16H2,(H,24,25,27). The second-order valence-electron chi connectivity index (χ2n) is 7.35. The van der Waals surface area contributed by atoms with Gasteiger partial charge >= 0.3 is 6.03 Å². The van der Waals surface area contributed by atoms with Gasteiger partial charge in [0.25, 0.3) is 0 Å². The summed E-state index contributed by atoms with van der Waals surface area (Å²) < 4.78 is 11.5. The van der Waals surface area contributed by atoms with Crippen molar-refractivity contribution in [3.8, 4) is 5.75 Å². The van der Waals surface area contributed by atoms with Crippen LogP contribution >= 0.6 is 0 Å². The molecule has 4 rings (SSSR count). The molecular formula is C22H26N4O3. The van der Waals surface area contributed by atoms with E-state index in [-0.39, 0.29) is 12.1 Å². The second-order valence-corrected chi connectivity index (χ2v) is 7.35. The summed E-state index contributed by atoms with van der Waals surface area (Å²) in [6, 6.07) is 11.5. The number of hydrogen-bond donors (Lipinski definition) is 1. The zero-order chi connectivity index (χ0) is 19.9. The van der Waals surface area contributed by atoms with Crippen LogP contribution in [0.1, 0.15) is 31.2 Å². The number of nitrogens with one attached hydrogen (secondary N) is 1. The van der Waals surface area contributed by atoms with Crippen molar-refractivity contribution in [1.82, 2.24) is 15.1 Å². The highest BCUT2D eigenvalue weighted by Gasteiger charge is 2.19. The van der Waals surface area contributed by atoms with Crippen molar-refractivity contribution >= 4 is 17.9 Å². The van der Waals surface area contributed by atoms with E-state index in [1.165, 1.54) is 5.57 Å². The minimum Gasteiger partial charge on any atom is -0.491 e. The van der Waals surface area contributed by atoms with Gasteiger partial charge < -0.3 is 14.4 Å². The van der Waals surface area contributed by atoms with E-state index in [1.54, 1.807) is 18.3 Å². The smallest absolute Gasteiger partial charge is 0.323 e. The normalized spacial score (nSPS) is 19.1. The van der Waals surface area contributed by atoms with Crippen LogP contribution in [0.4, 0.5) is 10.6 Å². The molecule has 152 valence electrons. The number of nitrogens with zero attached hydrogens (tertiary/aromatic N) is 3.